The van der Waals surface area contributed by atoms with Gasteiger partial charge in [0.15, 0.2) is 17.1 Å². The zero-order valence-electron chi connectivity index (χ0n) is 17.4. The van der Waals surface area contributed by atoms with E-state index in [1.807, 2.05) is 45.8 Å². The predicted molar refractivity (Wildman–Crippen MR) is 115 cm³/mol. The fourth-order valence-corrected chi connectivity index (χ4v) is 4.19. The van der Waals surface area contributed by atoms with Gasteiger partial charge in [0.25, 0.3) is 0 Å². The summed E-state index contributed by atoms with van der Waals surface area (Å²) in [4.78, 5) is 14.8. The summed E-state index contributed by atoms with van der Waals surface area (Å²) in [6, 6.07) is 9.56. The van der Waals surface area contributed by atoms with Gasteiger partial charge in [-0.2, -0.15) is 0 Å². The Kier molecular flexibility index (Phi) is 5.19. The number of aromatic nitrogens is 3. The third-order valence-electron chi connectivity index (χ3n) is 5.71. The lowest BCUT2D eigenvalue weighted by molar-refractivity contribution is -0.127. The van der Waals surface area contributed by atoms with Crippen LogP contribution in [0.4, 0.5) is 0 Å². The summed E-state index contributed by atoms with van der Waals surface area (Å²) in [6.45, 7) is 2.35. The second kappa shape index (κ2) is 8.29. The average molecular weight is 420 g/mol. The SMILES string of the molecule is COc1cc(/C=C/C(=O)N2CCCC(c3nnc4ccccn34)C2)cc2c1OCCO2. The van der Waals surface area contributed by atoms with Gasteiger partial charge in [0, 0.05) is 31.3 Å². The van der Waals surface area contributed by atoms with Gasteiger partial charge in [-0.3, -0.25) is 9.20 Å². The number of fused-ring (bicyclic) bond motifs is 2. The standard InChI is InChI=1S/C23H24N4O4/c1-29-18-13-16(14-19-22(18)31-12-11-30-19)7-8-21(28)26-9-4-5-17(15-26)23-25-24-20-6-2-3-10-27(20)23/h2-3,6-8,10,13-14,17H,4-5,9,11-12,15H2,1H3/b8-7+. The molecule has 5 rings (SSSR count). The Morgan fingerprint density at radius 1 is 1.23 bits per heavy atom. The summed E-state index contributed by atoms with van der Waals surface area (Å²) in [5.74, 6) is 2.89. The number of pyridine rings is 1. The first-order valence-corrected chi connectivity index (χ1v) is 10.5. The number of rotatable bonds is 4. The van der Waals surface area contributed by atoms with Gasteiger partial charge in [0.05, 0.1) is 7.11 Å². The van der Waals surface area contributed by atoms with Crippen LogP contribution in [0.15, 0.2) is 42.6 Å². The lowest BCUT2D eigenvalue weighted by atomic mass is 9.97. The molecular formula is C23H24N4O4. The molecule has 2 aliphatic rings. The maximum absolute atomic E-state index is 12.9. The molecule has 3 aromatic rings. The number of methoxy groups -OCH3 is 1. The molecule has 8 nitrogen and oxygen atoms in total. The van der Waals surface area contributed by atoms with Crippen LogP contribution >= 0.6 is 0 Å². The van der Waals surface area contributed by atoms with Crippen LogP contribution in [0.25, 0.3) is 11.7 Å². The van der Waals surface area contributed by atoms with E-state index in [1.54, 1.807) is 19.3 Å². The highest BCUT2D eigenvalue weighted by Crippen LogP contribution is 2.40. The number of benzene rings is 1. The summed E-state index contributed by atoms with van der Waals surface area (Å²) >= 11 is 0. The molecular weight excluding hydrogens is 396 g/mol. The molecule has 0 radical (unpaired) electrons. The number of hydrogen-bond acceptors (Lipinski definition) is 6. The lowest BCUT2D eigenvalue weighted by Crippen LogP contribution is -2.38. The largest absolute Gasteiger partial charge is 0.493 e. The van der Waals surface area contributed by atoms with Crippen LogP contribution < -0.4 is 14.2 Å². The Balaban J connectivity index is 1.32. The van der Waals surface area contributed by atoms with Crippen molar-refractivity contribution in [1.82, 2.24) is 19.5 Å². The smallest absolute Gasteiger partial charge is 0.246 e. The fraction of sp³-hybridized carbons (Fsp3) is 0.348. The molecule has 8 heteroatoms. The van der Waals surface area contributed by atoms with Crippen molar-refractivity contribution < 1.29 is 19.0 Å². The molecule has 2 aliphatic heterocycles. The van der Waals surface area contributed by atoms with Gasteiger partial charge < -0.3 is 19.1 Å². The minimum Gasteiger partial charge on any atom is -0.493 e. The average Bonchev–Trinajstić information content (AvgIpc) is 3.26. The van der Waals surface area contributed by atoms with E-state index in [9.17, 15) is 4.79 Å². The van der Waals surface area contributed by atoms with Crippen LogP contribution in [0.1, 0.15) is 30.1 Å². The van der Waals surface area contributed by atoms with E-state index in [-0.39, 0.29) is 11.8 Å². The van der Waals surface area contributed by atoms with Gasteiger partial charge in [-0.05, 0) is 48.7 Å². The van der Waals surface area contributed by atoms with E-state index in [0.29, 0.717) is 37.0 Å². The molecule has 1 amide bonds. The molecule has 4 heterocycles. The fourth-order valence-electron chi connectivity index (χ4n) is 4.19. The summed E-state index contributed by atoms with van der Waals surface area (Å²) in [6.07, 6.45) is 7.29. The zero-order valence-corrected chi connectivity index (χ0v) is 17.4. The Labute approximate surface area is 180 Å². The molecule has 0 N–H and O–H groups in total. The topological polar surface area (TPSA) is 78.2 Å². The Morgan fingerprint density at radius 3 is 3.03 bits per heavy atom. The van der Waals surface area contributed by atoms with Gasteiger partial charge in [-0.1, -0.05) is 6.07 Å². The first-order valence-electron chi connectivity index (χ1n) is 10.5. The van der Waals surface area contributed by atoms with Gasteiger partial charge in [0.1, 0.15) is 19.0 Å². The number of carbonyl (C=O) groups excluding carboxylic acids is 1. The number of amides is 1. The van der Waals surface area contributed by atoms with Crippen LogP contribution in [-0.4, -0.2) is 58.8 Å². The molecule has 1 fully saturated rings. The van der Waals surface area contributed by atoms with Gasteiger partial charge in [0.2, 0.25) is 11.7 Å². The maximum atomic E-state index is 12.9. The van der Waals surface area contributed by atoms with Crippen molar-refractivity contribution in [3.05, 3.63) is 54.0 Å². The van der Waals surface area contributed by atoms with Crippen molar-refractivity contribution >= 4 is 17.6 Å². The molecule has 0 aliphatic carbocycles. The summed E-state index contributed by atoms with van der Waals surface area (Å²) < 4.78 is 18.7. The number of ether oxygens (including phenoxy) is 3. The summed E-state index contributed by atoms with van der Waals surface area (Å²) in [5.41, 5.74) is 1.65. The monoisotopic (exact) mass is 420 g/mol. The number of likely N-dealkylation sites (tertiary alicyclic amines) is 1. The molecule has 2 aromatic heterocycles. The highest BCUT2D eigenvalue weighted by atomic mass is 16.6. The van der Waals surface area contributed by atoms with Crippen molar-refractivity contribution in [1.29, 1.82) is 0 Å². The summed E-state index contributed by atoms with van der Waals surface area (Å²) in [5, 5.41) is 8.64. The van der Waals surface area contributed by atoms with E-state index in [4.69, 9.17) is 14.2 Å². The van der Waals surface area contributed by atoms with Crippen LogP contribution in [0, 0.1) is 0 Å². The van der Waals surface area contributed by atoms with Crippen molar-refractivity contribution in [2.75, 3.05) is 33.4 Å². The molecule has 1 saturated heterocycles. The highest BCUT2D eigenvalue weighted by molar-refractivity contribution is 5.92. The highest BCUT2D eigenvalue weighted by Gasteiger charge is 2.27. The molecule has 0 saturated carbocycles. The normalized spacial score (nSPS) is 18.5. The Bertz CT molecular complexity index is 1120. The van der Waals surface area contributed by atoms with Crippen molar-refractivity contribution in [3.8, 4) is 17.2 Å². The van der Waals surface area contributed by atoms with E-state index in [0.717, 1.165) is 36.4 Å². The lowest BCUT2D eigenvalue weighted by Gasteiger charge is -2.31. The minimum atomic E-state index is -0.0209. The molecule has 160 valence electrons. The molecule has 31 heavy (non-hydrogen) atoms. The van der Waals surface area contributed by atoms with Crippen LogP contribution in [-0.2, 0) is 4.79 Å². The van der Waals surface area contributed by atoms with Crippen molar-refractivity contribution in [2.24, 2.45) is 0 Å². The van der Waals surface area contributed by atoms with E-state index >= 15 is 0 Å². The maximum Gasteiger partial charge on any atom is 0.246 e. The number of nitrogens with zero attached hydrogens (tertiary/aromatic N) is 4. The number of piperidine rings is 1. The molecule has 1 unspecified atom stereocenters. The minimum absolute atomic E-state index is 0.0209. The van der Waals surface area contributed by atoms with Gasteiger partial charge in [-0.25, -0.2) is 0 Å². The zero-order chi connectivity index (χ0) is 21.2. The van der Waals surface area contributed by atoms with Crippen LogP contribution in [0.2, 0.25) is 0 Å². The molecule has 0 bridgehead atoms. The van der Waals surface area contributed by atoms with E-state index < -0.39 is 0 Å². The predicted octanol–water partition coefficient (Wildman–Crippen LogP) is 2.93. The first kappa shape index (κ1) is 19.4. The van der Waals surface area contributed by atoms with Crippen LogP contribution in [0.5, 0.6) is 17.2 Å². The van der Waals surface area contributed by atoms with Gasteiger partial charge >= 0.3 is 0 Å². The van der Waals surface area contributed by atoms with Crippen LogP contribution in [0.3, 0.4) is 0 Å². The Hall–Kier alpha value is -3.55. The van der Waals surface area contributed by atoms with E-state index in [1.165, 1.54) is 0 Å². The third kappa shape index (κ3) is 3.81. The molecule has 1 aromatic carbocycles. The Morgan fingerprint density at radius 2 is 2.13 bits per heavy atom. The summed E-state index contributed by atoms with van der Waals surface area (Å²) in [7, 11) is 1.59. The number of hydrogen-bond donors (Lipinski definition) is 0. The van der Waals surface area contributed by atoms with Crippen molar-refractivity contribution in [3.63, 3.8) is 0 Å². The van der Waals surface area contributed by atoms with Crippen molar-refractivity contribution in [2.45, 2.75) is 18.8 Å². The number of carbonyl (C=O) groups is 1. The molecule has 0 spiro atoms. The second-order valence-electron chi connectivity index (χ2n) is 7.69. The van der Waals surface area contributed by atoms with E-state index in [2.05, 4.69) is 10.2 Å². The first-order chi connectivity index (χ1) is 15.2. The molecule has 1 atom stereocenters. The quantitative estimate of drug-likeness (QED) is 0.604. The van der Waals surface area contributed by atoms with Gasteiger partial charge in [-0.15, -0.1) is 10.2 Å². The second-order valence-corrected chi connectivity index (χ2v) is 7.69. The third-order valence-corrected chi connectivity index (χ3v) is 5.71.